The van der Waals surface area contributed by atoms with Gasteiger partial charge in [0.1, 0.15) is 23.1 Å². The van der Waals surface area contributed by atoms with Crippen LogP contribution >= 0.6 is 39.1 Å². The van der Waals surface area contributed by atoms with Gasteiger partial charge in [-0.25, -0.2) is 0 Å². The molecule has 5 heteroatoms. The van der Waals surface area contributed by atoms with E-state index in [-0.39, 0.29) is 5.56 Å². The Hall–Kier alpha value is -1.21. The SMILES string of the molecule is N#Cc1c(Cl)cccc1Oc1cc(Br)ccc1Cl. The molecule has 0 aromatic heterocycles. The summed E-state index contributed by atoms with van der Waals surface area (Å²) >= 11 is 15.3. The fourth-order valence-corrected chi connectivity index (χ4v) is 2.08. The van der Waals surface area contributed by atoms with Crippen molar-refractivity contribution in [2.45, 2.75) is 0 Å². The zero-order valence-electron chi connectivity index (χ0n) is 8.95. The smallest absolute Gasteiger partial charge is 0.147 e. The molecule has 0 aliphatic rings. The summed E-state index contributed by atoms with van der Waals surface area (Å²) in [4.78, 5) is 0. The second kappa shape index (κ2) is 5.62. The van der Waals surface area contributed by atoms with Crippen LogP contribution in [0.25, 0.3) is 0 Å². The van der Waals surface area contributed by atoms with Gasteiger partial charge in [0.15, 0.2) is 0 Å². The number of hydrogen-bond acceptors (Lipinski definition) is 2. The average molecular weight is 343 g/mol. The predicted molar refractivity (Wildman–Crippen MR) is 75.4 cm³/mol. The summed E-state index contributed by atoms with van der Waals surface area (Å²) in [5, 5.41) is 9.85. The van der Waals surface area contributed by atoms with E-state index in [1.54, 1.807) is 36.4 Å². The Labute approximate surface area is 123 Å². The van der Waals surface area contributed by atoms with Crippen LogP contribution in [0.1, 0.15) is 5.56 Å². The molecule has 0 fully saturated rings. The van der Waals surface area contributed by atoms with Gasteiger partial charge in [-0.1, -0.05) is 45.2 Å². The molecule has 0 radical (unpaired) electrons. The fraction of sp³-hybridized carbons (Fsp3) is 0. The molecule has 0 aliphatic heterocycles. The molecule has 0 bridgehead atoms. The van der Waals surface area contributed by atoms with E-state index in [1.807, 2.05) is 6.07 Å². The molecular formula is C13H6BrCl2NO. The molecule has 0 saturated heterocycles. The average Bonchev–Trinajstić information content (AvgIpc) is 2.34. The van der Waals surface area contributed by atoms with Gasteiger partial charge >= 0.3 is 0 Å². The number of hydrogen-bond donors (Lipinski definition) is 0. The van der Waals surface area contributed by atoms with Crippen LogP contribution in [0.4, 0.5) is 0 Å². The third-order valence-corrected chi connectivity index (χ3v) is 3.32. The van der Waals surface area contributed by atoms with Gasteiger partial charge < -0.3 is 4.74 Å². The molecule has 2 aromatic rings. The topological polar surface area (TPSA) is 33.0 Å². The van der Waals surface area contributed by atoms with Crippen LogP contribution < -0.4 is 4.74 Å². The third kappa shape index (κ3) is 2.78. The zero-order chi connectivity index (χ0) is 13.1. The van der Waals surface area contributed by atoms with Crippen molar-refractivity contribution in [1.82, 2.24) is 0 Å². The lowest BCUT2D eigenvalue weighted by molar-refractivity contribution is 0.481. The maximum atomic E-state index is 9.04. The van der Waals surface area contributed by atoms with E-state index >= 15 is 0 Å². The van der Waals surface area contributed by atoms with Gasteiger partial charge in [-0.05, 0) is 30.3 Å². The Balaban J connectivity index is 2.44. The van der Waals surface area contributed by atoms with Gasteiger partial charge in [0, 0.05) is 4.47 Å². The van der Waals surface area contributed by atoms with Crippen molar-refractivity contribution in [3.63, 3.8) is 0 Å². The number of nitriles is 1. The second-order valence-corrected chi connectivity index (χ2v) is 5.13. The van der Waals surface area contributed by atoms with Crippen LogP contribution in [0.2, 0.25) is 10.0 Å². The Bertz CT molecular complexity index is 637. The summed E-state index contributed by atoms with van der Waals surface area (Å²) in [6.45, 7) is 0. The summed E-state index contributed by atoms with van der Waals surface area (Å²) in [6, 6.07) is 12.3. The minimum Gasteiger partial charge on any atom is -0.454 e. The van der Waals surface area contributed by atoms with Crippen molar-refractivity contribution in [2.75, 3.05) is 0 Å². The molecule has 0 N–H and O–H groups in total. The van der Waals surface area contributed by atoms with Gasteiger partial charge in [-0.3, -0.25) is 0 Å². The van der Waals surface area contributed by atoms with Gasteiger partial charge in [0.05, 0.1) is 10.0 Å². The number of rotatable bonds is 2. The molecule has 0 heterocycles. The number of ether oxygens (including phenoxy) is 1. The van der Waals surface area contributed by atoms with Crippen LogP contribution in [0.5, 0.6) is 11.5 Å². The molecule has 0 unspecified atom stereocenters. The quantitative estimate of drug-likeness (QED) is 0.730. The normalized spacial score (nSPS) is 9.89. The maximum absolute atomic E-state index is 9.04. The highest BCUT2D eigenvalue weighted by Gasteiger charge is 2.10. The van der Waals surface area contributed by atoms with E-state index in [0.717, 1.165) is 4.47 Å². The van der Waals surface area contributed by atoms with E-state index in [2.05, 4.69) is 15.9 Å². The molecule has 2 rings (SSSR count). The predicted octanol–water partition coefficient (Wildman–Crippen LogP) is 5.42. The van der Waals surface area contributed by atoms with Gasteiger partial charge in [0.25, 0.3) is 0 Å². The Kier molecular flexibility index (Phi) is 4.13. The summed E-state index contributed by atoms with van der Waals surface area (Å²) in [6.07, 6.45) is 0. The molecule has 0 saturated carbocycles. The largest absolute Gasteiger partial charge is 0.454 e. The lowest BCUT2D eigenvalue weighted by Gasteiger charge is -2.10. The van der Waals surface area contributed by atoms with Gasteiger partial charge in [0.2, 0.25) is 0 Å². The molecule has 18 heavy (non-hydrogen) atoms. The first-order valence-electron chi connectivity index (χ1n) is 4.93. The van der Waals surface area contributed by atoms with Crippen LogP contribution in [-0.4, -0.2) is 0 Å². The minimum atomic E-state index is 0.287. The molecule has 90 valence electrons. The van der Waals surface area contributed by atoms with E-state index < -0.39 is 0 Å². The molecule has 0 aliphatic carbocycles. The van der Waals surface area contributed by atoms with Crippen LogP contribution in [0, 0.1) is 11.3 Å². The first kappa shape index (κ1) is 13.2. The van der Waals surface area contributed by atoms with Crippen LogP contribution in [0.3, 0.4) is 0 Å². The van der Waals surface area contributed by atoms with Crippen molar-refractivity contribution < 1.29 is 4.74 Å². The summed E-state index contributed by atoms with van der Waals surface area (Å²) in [7, 11) is 0. The number of benzene rings is 2. The fourth-order valence-electron chi connectivity index (χ4n) is 1.37. The van der Waals surface area contributed by atoms with Crippen LogP contribution in [-0.2, 0) is 0 Å². The standard InChI is InChI=1S/C13H6BrCl2NO/c14-8-4-5-11(16)13(6-8)18-12-3-1-2-10(15)9(12)7-17/h1-6H. The van der Waals surface area contributed by atoms with E-state index in [0.29, 0.717) is 21.5 Å². The number of nitrogens with zero attached hydrogens (tertiary/aromatic N) is 1. The monoisotopic (exact) mass is 341 g/mol. The number of halogens is 3. The molecular weight excluding hydrogens is 337 g/mol. The molecule has 0 atom stereocenters. The summed E-state index contributed by atoms with van der Waals surface area (Å²) in [5.74, 6) is 0.842. The van der Waals surface area contributed by atoms with Gasteiger partial charge in [-0.15, -0.1) is 0 Å². The van der Waals surface area contributed by atoms with Crippen molar-refractivity contribution in [3.8, 4) is 17.6 Å². The Morgan fingerprint density at radius 2 is 1.83 bits per heavy atom. The highest BCUT2D eigenvalue weighted by atomic mass is 79.9. The zero-order valence-corrected chi connectivity index (χ0v) is 12.1. The summed E-state index contributed by atoms with van der Waals surface area (Å²) < 4.78 is 6.46. The van der Waals surface area contributed by atoms with Crippen LogP contribution in [0.15, 0.2) is 40.9 Å². The molecule has 0 amide bonds. The molecule has 0 spiro atoms. The Morgan fingerprint density at radius 1 is 1.06 bits per heavy atom. The Morgan fingerprint density at radius 3 is 2.56 bits per heavy atom. The lowest BCUT2D eigenvalue weighted by atomic mass is 10.2. The van der Waals surface area contributed by atoms with Crippen molar-refractivity contribution in [2.24, 2.45) is 0 Å². The first-order chi connectivity index (χ1) is 8.61. The van der Waals surface area contributed by atoms with Crippen molar-refractivity contribution in [1.29, 1.82) is 5.26 Å². The first-order valence-corrected chi connectivity index (χ1v) is 6.48. The van der Waals surface area contributed by atoms with E-state index in [4.69, 9.17) is 33.2 Å². The van der Waals surface area contributed by atoms with E-state index in [1.165, 1.54) is 0 Å². The molecule has 2 nitrogen and oxygen atoms in total. The van der Waals surface area contributed by atoms with Crippen molar-refractivity contribution in [3.05, 3.63) is 56.5 Å². The third-order valence-electron chi connectivity index (χ3n) is 2.20. The second-order valence-electron chi connectivity index (χ2n) is 3.40. The van der Waals surface area contributed by atoms with E-state index in [9.17, 15) is 0 Å². The lowest BCUT2D eigenvalue weighted by Crippen LogP contribution is -1.90. The maximum Gasteiger partial charge on any atom is 0.147 e. The minimum absolute atomic E-state index is 0.287. The highest BCUT2D eigenvalue weighted by molar-refractivity contribution is 9.10. The van der Waals surface area contributed by atoms with Crippen molar-refractivity contribution >= 4 is 39.1 Å². The summed E-state index contributed by atoms with van der Waals surface area (Å²) in [5.41, 5.74) is 0.287. The van der Waals surface area contributed by atoms with Gasteiger partial charge in [-0.2, -0.15) is 5.26 Å². The molecule has 2 aromatic carbocycles. The highest BCUT2D eigenvalue weighted by Crippen LogP contribution is 2.35.